The fourth-order valence-electron chi connectivity index (χ4n) is 3.95. The summed E-state index contributed by atoms with van der Waals surface area (Å²) in [4.78, 5) is 17.4. The highest BCUT2D eigenvalue weighted by atomic mass is 19.1. The van der Waals surface area contributed by atoms with Crippen molar-refractivity contribution in [1.29, 1.82) is 5.26 Å². The molecule has 9 heteroatoms. The van der Waals surface area contributed by atoms with Gasteiger partial charge in [-0.25, -0.2) is 13.5 Å². The van der Waals surface area contributed by atoms with Crippen LogP contribution in [-0.4, -0.2) is 41.1 Å². The summed E-state index contributed by atoms with van der Waals surface area (Å²) in [6.07, 6.45) is 1.22. The van der Waals surface area contributed by atoms with E-state index >= 15 is 0 Å². The Morgan fingerprint density at radius 1 is 1.06 bits per heavy atom. The molecule has 7 nitrogen and oxygen atoms in total. The van der Waals surface area contributed by atoms with E-state index in [1.54, 1.807) is 12.1 Å². The summed E-state index contributed by atoms with van der Waals surface area (Å²) in [5, 5.41) is 14.1. The number of pyridine rings is 1. The fourth-order valence-corrected chi connectivity index (χ4v) is 3.95. The van der Waals surface area contributed by atoms with Crippen molar-refractivity contribution >= 4 is 16.6 Å². The molecule has 0 unspecified atom stereocenters. The second kappa shape index (κ2) is 7.90. The summed E-state index contributed by atoms with van der Waals surface area (Å²) in [5.74, 6) is -1.71. The van der Waals surface area contributed by atoms with Gasteiger partial charge in [-0.1, -0.05) is 18.2 Å². The molecule has 32 heavy (non-hydrogen) atoms. The topological polar surface area (TPSA) is 86.9 Å². The molecule has 1 saturated heterocycles. The maximum absolute atomic E-state index is 14.6. The Morgan fingerprint density at radius 3 is 2.41 bits per heavy atom. The molecule has 0 saturated carbocycles. The van der Waals surface area contributed by atoms with Gasteiger partial charge in [0.25, 0.3) is 5.56 Å². The van der Waals surface area contributed by atoms with Gasteiger partial charge in [0, 0.05) is 30.5 Å². The van der Waals surface area contributed by atoms with Crippen LogP contribution in [0.1, 0.15) is 5.56 Å². The summed E-state index contributed by atoms with van der Waals surface area (Å²) >= 11 is 0. The first-order valence-electron chi connectivity index (χ1n) is 10.0. The van der Waals surface area contributed by atoms with Gasteiger partial charge in [-0.05, 0) is 24.3 Å². The molecule has 5 rings (SSSR count). The van der Waals surface area contributed by atoms with Gasteiger partial charge in [0.05, 0.1) is 29.7 Å². The summed E-state index contributed by atoms with van der Waals surface area (Å²) in [6, 6.07) is 12.8. The molecule has 160 valence electrons. The van der Waals surface area contributed by atoms with Crippen molar-refractivity contribution in [3.8, 4) is 23.0 Å². The number of benzene rings is 2. The highest BCUT2D eigenvalue weighted by Crippen LogP contribution is 2.32. The van der Waals surface area contributed by atoms with Gasteiger partial charge in [-0.3, -0.25) is 4.79 Å². The molecule has 0 aliphatic carbocycles. The van der Waals surface area contributed by atoms with Gasteiger partial charge >= 0.3 is 0 Å². The third-order valence-corrected chi connectivity index (χ3v) is 5.50. The maximum Gasteiger partial charge on any atom is 0.259 e. The van der Waals surface area contributed by atoms with E-state index in [-0.39, 0.29) is 22.2 Å². The highest BCUT2D eigenvalue weighted by molar-refractivity contribution is 5.96. The molecule has 1 aliphatic heterocycles. The number of rotatable bonds is 3. The molecule has 0 spiro atoms. The number of nitrogens with one attached hydrogen (secondary N) is 1. The first kappa shape index (κ1) is 19.9. The first-order valence-corrected chi connectivity index (χ1v) is 10.0. The monoisotopic (exact) mass is 433 g/mol. The van der Waals surface area contributed by atoms with Gasteiger partial charge < -0.3 is 14.6 Å². The molecule has 0 amide bonds. The Bertz CT molecular complexity index is 1390. The summed E-state index contributed by atoms with van der Waals surface area (Å²) < 4.78 is 35.6. The Hall–Kier alpha value is -4.03. The lowest BCUT2D eigenvalue weighted by Crippen LogP contribution is -2.36. The molecule has 2 aromatic carbocycles. The summed E-state index contributed by atoms with van der Waals surface area (Å²) in [5.41, 5.74) is 0.952. The van der Waals surface area contributed by atoms with Crippen molar-refractivity contribution in [2.24, 2.45) is 0 Å². The Morgan fingerprint density at radius 2 is 1.75 bits per heavy atom. The van der Waals surface area contributed by atoms with Crippen LogP contribution in [0.5, 0.6) is 0 Å². The van der Waals surface area contributed by atoms with Crippen molar-refractivity contribution in [3.63, 3.8) is 0 Å². The lowest BCUT2D eigenvalue weighted by molar-refractivity contribution is 0.122. The molecule has 1 fully saturated rings. The Labute approximate surface area is 181 Å². The van der Waals surface area contributed by atoms with E-state index in [4.69, 9.17) is 4.74 Å². The molecule has 4 aromatic rings. The van der Waals surface area contributed by atoms with Gasteiger partial charge in [-0.15, -0.1) is 0 Å². The van der Waals surface area contributed by atoms with Crippen LogP contribution < -0.4 is 10.5 Å². The molecule has 1 N–H and O–H groups in total. The zero-order chi connectivity index (χ0) is 22.2. The van der Waals surface area contributed by atoms with Crippen molar-refractivity contribution in [1.82, 2.24) is 14.8 Å². The van der Waals surface area contributed by atoms with E-state index in [1.165, 1.54) is 12.3 Å². The van der Waals surface area contributed by atoms with E-state index in [2.05, 4.69) is 15.0 Å². The molecular weight excluding hydrogens is 416 g/mol. The fraction of sp³-hybridized carbons (Fsp3) is 0.174. The van der Waals surface area contributed by atoms with Gasteiger partial charge in [0.1, 0.15) is 17.5 Å². The van der Waals surface area contributed by atoms with E-state index in [9.17, 15) is 18.8 Å². The number of nitriles is 1. The van der Waals surface area contributed by atoms with Crippen LogP contribution in [0, 0.1) is 23.0 Å². The minimum Gasteiger partial charge on any atom is -0.378 e. The predicted octanol–water partition coefficient (Wildman–Crippen LogP) is 3.37. The molecule has 0 bridgehead atoms. The van der Waals surface area contributed by atoms with Gasteiger partial charge in [-0.2, -0.15) is 10.4 Å². The maximum atomic E-state index is 14.6. The van der Waals surface area contributed by atoms with Crippen LogP contribution in [0.15, 0.2) is 53.5 Å². The zero-order valence-corrected chi connectivity index (χ0v) is 16.8. The third-order valence-electron chi connectivity index (χ3n) is 5.50. The second-order valence-electron chi connectivity index (χ2n) is 7.34. The predicted molar refractivity (Wildman–Crippen MR) is 115 cm³/mol. The van der Waals surface area contributed by atoms with Crippen LogP contribution in [0.25, 0.3) is 27.8 Å². The number of H-pyrrole nitrogens is 1. The smallest absolute Gasteiger partial charge is 0.259 e. The zero-order valence-electron chi connectivity index (χ0n) is 16.8. The summed E-state index contributed by atoms with van der Waals surface area (Å²) in [7, 11) is 0. The average Bonchev–Trinajstić information content (AvgIpc) is 3.21. The Balaban J connectivity index is 1.73. The molecule has 3 heterocycles. The number of para-hydroxylation sites is 1. The number of morpholine rings is 1. The minimum absolute atomic E-state index is 0.0472. The minimum atomic E-state index is -0.854. The van der Waals surface area contributed by atoms with Crippen molar-refractivity contribution in [2.45, 2.75) is 0 Å². The number of hydrogen-bond acceptors (Lipinski definition) is 5. The van der Waals surface area contributed by atoms with Crippen LogP contribution >= 0.6 is 0 Å². The van der Waals surface area contributed by atoms with E-state index in [0.29, 0.717) is 18.8 Å². The molecule has 0 radical (unpaired) electrons. The highest BCUT2D eigenvalue weighted by Gasteiger charge is 2.23. The van der Waals surface area contributed by atoms with E-state index in [0.717, 1.165) is 35.6 Å². The normalized spacial score (nSPS) is 14.0. The number of ether oxygens (including phenoxy) is 1. The van der Waals surface area contributed by atoms with Crippen LogP contribution in [0.2, 0.25) is 0 Å². The summed E-state index contributed by atoms with van der Waals surface area (Å²) in [6.45, 7) is 2.85. The lowest BCUT2D eigenvalue weighted by atomic mass is 10.1. The number of aromatic amines is 1. The first-order chi connectivity index (χ1) is 15.6. The lowest BCUT2D eigenvalue weighted by Gasteiger charge is -2.28. The van der Waals surface area contributed by atoms with E-state index in [1.807, 2.05) is 18.2 Å². The second-order valence-corrected chi connectivity index (χ2v) is 7.34. The largest absolute Gasteiger partial charge is 0.378 e. The molecule has 0 atom stereocenters. The van der Waals surface area contributed by atoms with Crippen LogP contribution in [0.3, 0.4) is 0 Å². The number of hydrogen-bond donors (Lipinski definition) is 1. The number of fused-ring (bicyclic) bond motifs is 1. The van der Waals surface area contributed by atoms with Crippen molar-refractivity contribution in [3.05, 3.63) is 76.2 Å². The van der Waals surface area contributed by atoms with Crippen LogP contribution in [0.4, 0.5) is 14.5 Å². The van der Waals surface area contributed by atoms with Crippen molar-refractivity contribution in [2.75, 3.05) is 31.2 Å². The van der Waals surface area contributed by atoms with Crippen LogP contribution in [-0.2, 0) is 4.74 Å². The Kier molecular flexibility index (Phi) is 4.92. The number of halogens is 2. The van der Waals surface area contributed by atoms with E-state index < -0.39 is 22.9 Å². The van der Waals surface area contributed by atoms with Gasteiger partial charge in [0.2, 0.25) is 0 Å². The number of anilines is 1. The number of nitrogens with zero attached hydrogens (tertiary/aromatic N) is 4. The van der Waals surface area contributed by atoms with Gasteiger partial charge in [0.15, 0.2) is 11.6 Å². The van der Waals surface area contributed by atoms with Crippen molar-refractivity contribution < 1.29 is 13.5 Å². The molecular formula is C23H17F2N5O2. The SMILES string of the molecule is N#Cc1c[nH]c(=O)c2c(-c3ccc(N4CCOCC4)cc3)nn(-c3c(F)cccc3F)c12. The molecule has 1 aliphatic rings. The standard InChI is InChI=1S/C23H17F2N5O2/c24-17-2-1-3-18(25)22(17)30-21-15(12-26)13-27-23(31)19(21)20(28-30)14-4-6-16(7-5-14)29-8-10-32-11-9-29/h1-7,13H,8-11H2,(H,27,31). The number of aromatic nitrogens is 3. The third kappa shape index (κ3) is 3.21. The molecule has 2 aromatic heterocycles. The quantitative estimate of drug-likeness (QED) is 0.535. The average molecular weight is 433 g/mol.